The Hall–Kier alpha value is -1.55. The number of rotatable bonds is 6. The van der Waals surface area contributed by atoms with Gasteiger partial charge < -0.3 is 15.7 Å². The summed E-state index contributed by atoms with van der Waals surface area (Å²) < 4.78 is 0. The van der Waals surface area contributed by atoms with E-state index in [9.17, 15) is 9.90 Å². The fourth-order valence-corrected chi connectivity index (χ4v) is 2.89. The summed E-state index contributed by atoms with van der Waals surface area (Å²) in [5.74, 6) is 1.36. The van der Waals surface area contributed by atoms with Gasteiger partial charge in [0.05, 0.1) is 6.54 Å². The van der Waals surface area contributed by atoms with E-state index >= 15 is 0 Å². The van der Waals surface area contributed by atoms with Crippen LogP contribution in [0.4, 0.5) is 4.79 Å². The highest BCUT2D eigenvalue weighted by molar-refractivity contribution is 5.74. The van der Waals surface area contributed by atoms with Gasteiger partial charge in [-0.15, -0.1) is 0 Å². The molecule has 1 atom stereocenters. The average Bonchev–Trinajstić information content (AvgIpc) is 3.37. The van der Waals surface area contributed by atoms with E-state index in [1.165, 1.54) is 25.7 Å². The number of amides is 2. The second kappa shape index (κ2) is 5.68. The summed E-state index contributed by atoms with van der Waals surface area (Å²) >= 11 is 0. The van der Waals surface area contributed by atoms with E-state index in [4.69, 9.17) is 0 Å². The molecule has 3 N–H and O–H groups in total. The van der Waals surface area contributed by atoms with Crippen LogP contribution < -0.4 is 10.6 Å². The first-order chi connectivity index (χ1) is 10.1. The summed E-state index contributed by atoms with van der Waals surface area (Å²) in [6.45, 7) is 1.94. The van der Waals surface area contributed by atoms with Crippen molar-refractivity contribution in [3.05, 3.63) is 35.9 Å². The standard InChI is InChI=1S/C17H24N2O2/c1-17(21,14-5-3-2-4-6-14)11-18-16(20)19-15(12-7-8-12)13-9-10-13/h2-6,12-13,15,21H,7-11H2,1H3,(H2,18,19,20). The smallest absolute Gasteiger partial charge is 0.315 e. The molecule has 21 heavy (non-hydrogen) atoms. The molecular formula is C17H24N2O2. The minimum atomic E-state index is -1.05. The van der Waals surface area contributed by atoms with Crippen LogP contribution in [0.5, 0.6) is 0 Å². The van der Waals surface area contributed by atoms with Gasteiger partial charge in [-0.05, 0) is 50.0 Å². The molecule has 2 amide bonds. The molecule has 4 heteroatoms. The van der Waals surface area contributed by atoms with Gasteiger partial charge >= 0.3 is 6.03 Å². The molecule has 0 radical (unpaired) electrons. The molecule has 0 bridgehead atoms. The zero-order chi connectivity index (χ0) is 14.9. The molecule has 3 rings (SSSR count). The van der Waals surface area contributed by atoms with E-state index in [1.807, 2.05) is 30.3 Å². The van der Waals surface area contributed by atoms with Crippen molar-refractivity contribution in [2.24, 2.45) is 11.8 Å². The SMILES string of the molecule is CC(O)(CNC(=O)NC(C1CC1)C1CC1)c1ccccc1. The van der Waals surface area contributed by atoms with E-state index in [-0.39, 0.29) is 12.6 Å². The predicted octanol–water partition coefficient (Wildman–Crippen LogP) is 2.38. The lowest BCUT2D eigenvalue weighted by Crippen LogP contribution is -2.48. The Labute approximate surface area is 125 Å². The third-order valence-electron chi connectivity index (χ3n) is 4.55. The van der Waals surface area contributed by atoms with Gasteiger partial charge in [-0.1, -0.05) is 30.3 Å². The third-order valence-corrected chi connectivity index (χ3v) is 4.55. The van der Waals surface area contributed by atoms with Crippen LogP contribution >= 0.6 is 0 Å². The Morgan fingerprint density at radius 1 is 1.24 bits per heavy atom. The molecule has 1 unspecified atom stereocenters. The van der Waals surface area contributed by atoms with Crippen LogP contribution in [0.1, 0.15) is 38.2 Å². The molecule has 2 saturated carbocycles. The molecule has 2 aliphatic rings. The van der Waals surface area contributed by atoms with Crippen LogP contribution in [-0.4, -0.2) is 23.7 Å². The maximum absolute atomic E-state index is 12.1. The third kappa shape index (κ3) is 3.76. The Kier molecular flexibility index (Phi) is 3.89. The van der Waals surface area contributed by atoms with Crippen LogP contribution in [-0.2, 0) is 5.60 Å². The number of hydrogen-bond acceptors (Lipinski definition) is 2. The molecule has 0 aliphatic heterocycles. The second-order valence-corrected chi connectivity index (χ2v) is 6.67. The van der Waals surface area contributed by atoms with Crippen molar-refractivity contribution in [1.29, 1.82) is 0 Å². The number of carbonyl (C=O) groups is 1. The van der Waals surface area contributed by atoms with Crippen molar-refractivity contribution in [1.82, 2.24) is 10.6 Å². The van der Waals surface area contributed by atoms with Gasteiger partial charge in [-0.3, -0.25) is 0 Å². The quantitative estimate of drug-likeness (QED) is 0.752. The van der Waals surface area contributed by atoms with Gasteiger partial charge in [0.15, 0.2) is 0 Å². The fourth-order valence-electron chi connectivity index (χ4n) is 2.89. The molecule has 2 aliphatic carbocycles. The van der Waals surface area contributed by atoms with Gasteiger partial charge in [0.1, 0.15) is 5.60 Å². The van der Waals surface area contributed by atoms with E-state index in [2.05, 4.69) is 10.6 Å². The molecular weight excluding hydrogens is 264 g/mol. The van der Waals surface area contributed by atoms with Gasteiger partial charge in [-0.25, -0.2) is 4.79 Å². The van der Waals surface area contributed by atoms with Crippen LogP contribution in [0.2, 0.25) is 0 Å². The van der Waals surface area contributed by atoms with E-state index < -0.39 is 5.60 Å². The zero-order valence-corrected chi connectivity index (χ0v) is 12.5. The Balaban J connectivity index is 1.50. The molecule has 4 nitrogen and oxygen atoms in total. The van der Waals surface area contributed by atoms with Gasteiger partial charge in [-0.2, -0.15) is 0 Å². The van der Waals surface area contributed by atoms with Crippen LogP contribution in [0.25, 0.3) is 0 Å². The summed E-state index contributed by atoms with van der Waals surface area (Å²) in [6.07, 6.45) is 4.96. The lowest BCUT2D eigenvalue weighted by molar-refractivity contribution is 0.0592. The first-order valence-corrected chi connectivity index (χ1v) is 7.88. The highest BCUT2D eigenvalue weighted by Crippen LogP contribution is 2.44. The Morgan fingerprint density at radius 3 is 2.33 bits per heavy atom. The van der Waals surface area contributed by atoms with Crippen LogP contribution in [0, 0.1) is 11.8 Å². The molecule has 114 valence electrons. The normalized spacial score (nSPS) is 20.9. The molecule has 1 aromatic rings. The van der Waals surface area contributed by atoms with Crippen molar-refractivity contribution < 1.29 is 9.90 Å². The predicted molar refractivity (Wildman–Crippen MR) is 81.8 cm³/mol. The van der Waals surface area contributed by atoms with Crippen molar-refractivity contribution >= 4 is 6.03 Å². The topological polar surface area (TPSA) is 61.4 Å². The van der Waals surface area contributed by atoms with Crippen molar-refractivity contribution in [3.8, 4) is 0 Å². The lowest BCUT2D eigenvalue weighted by Gasteiger charge is -2.25. The average molecular weight is 288 g/mol. The van der Waals surface area contributed by atoms with E-state index in [0.29, 0.717) is 17.9 Å². The molecule has 0 heterocycles. The highest BCUT2D eigenvalue weighted by Gasteiger charge is 2.42. The monoisotopic (exact) mass is 288 g/mol. The fraction of sp³-hybridized carbons (Fsp3) is 0.588. The molecule has 1 aromatic carbocycles. The van der Waals surface area contributed by atoms with Crippen molar-refractivity contribution in [2.45, 2.75) is 44.2 Å². The minimum absolute atomic E-state index is 0.157. The number of aliphatic hydroxyl groups is 1. The molecule has 0 spiro atoms. The number of urea groups is 1. The lowest BCUT2D eigenvalue weighted by atomic mass is 9.96. The summed E-state index contributed by atoms with van der Waals surface area (Å²) in [6, 6.07) is 9.62. The van der Waals surface area contributed by atoms with Gasteiger partial charge in [0.25, 0.3) is 0 Å². The molecule has 0 saturated heterocycles. The summed E-state index contributed by atoms with van der Waals surface area (Å²) in [5.41, 5.74) is -0.237. The number of carbonyl (C=O) groups excluding carboxylic acids is 1. The molecule has 2 fully saturated rings. The maximum atomic E-state index is 12.1. The maximum Gasteiger partial charge on any atom is 0.315 e. The summed E-state index contributed by atoms with van der Waals surface area (Å²) in [7, 11) is 0. The summed E-state index contributed by atoms with van der Waals surface area (Å²) in [4.78, 5) is 12.1. The first kappa shape index (κ1) is 14.4. The highest BCUT2D eigenvalue weighted by atomic mass is 16.3. The van der Waals surface area contributed by atoms with Gasteiger partial charge in [0.2, 0.25) is 0 Å². The molecule has 0 aromatic heterocycles. The van der Waals surface area contributed by atoms with Crippen LogP contribution in [0.3, 0.4) is 0 Å². The summed E-state index contributed by atoms with van der Waals surface area (Å²) in [5, 5.41) is 16.4. The first-order valence-electron chi connectivity index (χ1n) is 7.88. The number of benzene rings is 1. The van der Waals surface area contributed by atoms with Crippen LogP contribution in [0.15, 0.2) is 30.3 Å². The minimum Gasteiger partial charge on any atom is -0.384 e. The van der Waals surface area contributed by atoms with Gasteiger partial charge in [0, 0.05) is 6.04 Å². The largest absolute Gasteiger partial charge is 0.384 e. The Bertz CT molecular complexity index is 481. The Morgan fingerprint density at radius 2 is 1.81 bits per heavy atom. The van der Waals surface area contributed by atoms with E-state index in [1.54, 1.807) is 6.92 Å². The number of hydrogen-bond donors (Lipinski definition) is 3. The van der Waals surface area contributed by atoms with Crippen molar-refractivity contribution in [3.63, 3.8) is 0 Å². The number of nitrogens with one attached hydrogen (secondary N) is 2. The second-order valence-electron chi connectivity index (χ2n) is 6.67. The van der Waals surface area contributed by atoms with Crippen molar-refractivity contribution in [2.75, 3.05) is 6.54 Å². The van der Waals surface area contributed by atoms with E-state index in [0.717, 1.165) is 5.56 Å². The zero-order valence-electron chi connectivity index (χ0n) is 12.5.